The van der Waals surface area contributed by atoms with Crippen molar-refractivity contribution in [1.29, 1.82) is 0 Å². The number of benzene rings is 1. The van der Waals surface area contributed by atoms with E-state index in [2.05, 4.69) is 20.8 Å². The standard InChI is InChI=1S/C28H34FN3O3/c1-26(2,3)19-15-20(17-9-11-18(29)12-10-17)30-21-16-22(35-23(19)21)24(33)31-13-14-32(27(4,5)6)25(34)28(31,7)8/h9-12,15-16H,13-14H2,1-8H3. The fourth-order valence-electron chi connectivity index (χ4n) is 4.61. The number of carbonyl (C=O) groups excluding carboxylic acids is 2. The topological polar surface area (TPSA) is 66.7 Å². The van der Waals surface area contributed by atoms with E-state index in [4.69, 9.17) is 9.40 Å². The molecule has 0 bridgehead atoms. The third-order valence-electron chi connectivity index (χ3n) is 6.68. The van der Waals surface area contributed by atoms with Crippen LogP contribution in [-0.4, -0.2) is 50.8 Å². The lowest BCUT2D eigenvalue weighted by molar-refractivity contribution is -0.152. The van der Waals surface area contributed by atoms with Crippen molar-refractivity contribution in [1.82, 2.24) is 14.8 Å². The molecule has 1 aliphatic rings. The molecule has 0 radical (unpaired) electrons. The normalized spacial score (nSPS) is 16.8. The van der Waals surface area contributed by atoms with Crippen molar-refractivity contribution in [3.05, 3.63) is 53.5 Å². The monoisotopic (exact) mass is 479 g/mol. The molecule has 35 heavy (non-hydrogen) atoms. The molecule has 1 aromatic carbocycles. The van der Waals surface area contributed by atoms with Crippen molar-refractivity contribution < 1.29 is 18.4 Å². The van der Waals surface area contributed by atoms with Gasteiger partial charge in [0.15, 0.2) is 11.3 Å². The molecular weight excluding hydrogens is 445 g/mol. The fourth-order valence-corrected chi connectivity index (χ4v) is 4.61. The van der Waals surface area contributed by atoms with E-state index < -0.39 is 5.54 Å². The van der Waals surface area contributed by atoms with Crippen LogP contribution in [0.5, 0.6) is 0 Å². The van der Waals surface area contributed by atoms with E-state index in [9.17, 15) is 14.0 Å². The minimum absolute atomic E-state index is 0.0900. The molecule has 1 saturated heterocycles. The van der Waals surface area contributed by atoms with Crippen molar-refractivity contribution >= 4 is 22.9 Å². The van der Waals surface area contributed by atoms with E-state index in [-0.39, 0.29) is 34.3 Å². The summed E-state index contributed by atoms with van der Waals surface area (Å²) in [4.78, 5) is 35.1. The van der Waals surface area contributed by atoms with Crippen molar-refractivity contribution in [2.75, 3.05) is 13.1 Å². The number of fused-ring (bicyclic) bond motifs is 1. The Morgan fingerprint density at radius 3 is 2.23 bits per heavy atom. The molecule has 7 heteroatoms. The summed E-state index contributed by atoms with van der Waals surface area (Å²) >= 11 is 0. The summed E-state index contributed by atoms with van der Waals surface area (Å²) in [5.41, 5.74) is 1.82. The van der Waals surface area contributed by atoms with Gasteiger partial charge in [0.2, 0.25) is 5.91 Å². The zero-order valence-corrected chi connectivity index (χ0v) is 21.8. The highest BCUT2D eigenvalue weighted by atomic mass is 19.1. The molecule has 0 unspecified atom stereocenters. The van der Waals surface area contributed by atoms with Gasteiger partial charge in [-0.15, -0.1) is 0 Å². The van der Waals surface area contributed by atoms with Gasteiger partial charge >= 0.3 is 0 Å². The first kappa shape index (κ1) is 24.9. The molecule has 186 valence electrons. The number of nitrogens with zero attached hydrogens (tertiary/aromatic N) is 3. The second kappa shape index (κ2) is 8.18. The number of amides is 2. The largest absolute Gasteiger partial charge is 0.449 e. The summed E-state index contributed by atoms with van der Waals surface area (Å²) in [5, 5.41) is 0. The molecule has 0 atom stereocenters. The van der Waals surface area contributed by atoms with Gasteiger partial charge in [-0.05, 0) is 70.4 Å². The highest BCUT2D eigenvalue weighted by molar-refractivity contribution is 6.00. The van der Waals surface area contributed by atoms with Crippen LogP contribution < -0.4 is 0 Å². The molecule has 1 aliphatic heterocycles. The maximum atomic E-state index is 13.6. The predicted molar refractivity (Wildman–Crippen MR) is 135 cm³/mol. The number of carbonyl (C=O) groups is 2. The Morgan fingerprint density at radius 2 is 1.66 bits per heavy atom. The zero-order valence-electron chi connectivity index (χ0n) is 21.8. The van der Waals surface area contributed by atoms with Crippen LogP contribution in [0.3, 0.4) is 0 Å². The van der Waals surface area contributed by atoms with Gasteiger partial charge < -0.3 is 14.2 Å². The quantitative estimate of drug-likeness (QED) is 0.466. The Hall–Kier alpha value is -3.22. The van der Waals surface area contributed by atoms with E-state index in [0.717, 1.165) is 11.1 Å². The lowest BCUT2D eigenvalue weighted by atomic mass is 9.86. The molecule has 2 amide bonds. The predicted octanol–water partition coefficient (Wildman–Crippen LogP) is 5.79. The maximum absolute atomic E-state index is 13.6. The summed E-state index contributed by atoms with van der Waals surface area (Å²) in [5.74, 6) is -0.587. The molecule has 3 heterocycles. The minimum atomic E-state index is -1.01. The van der Waals surface area contributed by atoms with E-state index in [1.165, 1.54) is 12.1 Å². The SMILES string of the molecule is CC(C)(C)c1cc(-c2ccc(F)cc2)nc2cc(C(=O)N3CCN(C(C)(C)C)C(=O)C3(C)C)oc12. The molecule has 4 rings (SSSR count). The van der Waals surface area contributed by atoms with E-state index >= 15 is 0 Å². The third kappa shape index (κ3) is 4.44. The summed E-state index contributed by atoms with van der Waals surface area (Å²) in [6.07, 6.45) is 0. The molecule has 0 spiro atoms. The van der Waals surface area contributed by atoms with Gasteiger partial charge in [0, 0.05) is 35.8 Å². The van der Waals surface area contributed by atoms with Gasteiger partial charge in [0.1, 0.15) is 16.9 Å². The number of hydrogen-bond donors (Lipinski definition) is 0. The average molecular weight is 480 g/mol. The first-order chi connectivity index (χ1) is 16.1. The van der Waals surface area contributed by atoms with Crippen LogP contribution in [0.15, 0.2) is 40.8 Å². The molecule has 6 nitrogen and oxygen atoms in total. The highest BCUT2D eigenvalue weighted by Crippen LogP contribution is 2.36. The molecule has 0 saturated carbocycles. The van der Waals surface area contributed by atoms with Crippen molar-refractivity contribution in [2.45, 2.75) is 71.9 Å². The van der Waals surface area contributed by atoms with E-state index in [0.29, 0.717) is 29.9 Å². The summed E-state index contributed by atoms with van der Waals surface area (Å²) in [6.45, 7) is 16.6. The number of rotatable bonds is 2. The van der Waals surface area contributed by atoms with Crippen molar-refractivity contribution in [3.63, 3.8) is 0 Å². The van der Waals surface area contributed by atoms with Crippen molar-refractivity contribution in [3.8, 4) is 11.3 Å². The molecular formula is C28H34FN3O3. The number of furan rings is 1. The zero-order chi connectivity index (χ0) is 25.9. The van der Waals surface area contributed by atoms with Crippen LogP contribution in [0.1, 0.15) is 71.5 Å². The summed E-state index contributed by atoms with van der Waals surface area (Å²) in [6, 6.07) is 9.76. The highest BCUT2D eigenvalue weighted by Gasteiger charge is 2.47. The van der Waals surface area contributed by atoms with Gasteiger partial charge in [-0.3, -0.25) is 9.59 Å². The van der Waals surface area contributed by atoms with E-state index in [1.54, 1.807) is 36.9 Å². The van der Waals surface area contributed by atoms with Crippen LogP contribution in [0.25, 0.3) is 22.4 Å². The van der Waals surface area contributed by atoms with E-state index in [1.807, 2.05) is 31.7 Å². The minimum Gasteiger partial charge on any atom is -0.449 e. The summed E-state index contributed by atoms with van der Waals surface area (Å²) < 4.78 is 19.6. The Labute approximate surface area is 206 Å². The van der Waals surface area contributed by atoms with Crippen LogP contribution in [0.2, 0.25) is 0 Å². The van der Waals surface area contributed by atoms with Gasteiger partial charge in [-0.25, -0.2) is 9.37 Å². The number of aromatic nitrogens is 1. The number of halogens is 1. The van der Waals surface area contributed by atoms with Gasteiger partial charge in [0.25, 0.3) is 5.91 Å². The first-order valence-corrected chi connectivity index (χ1v) is 12.0. The van der Waals surface area contributed by atoms with Crippen LogP contribution in [0, 0.1) is 5.82 Å². The summed E-state index contributed by atoms with van der Waals surface area (Å²) in [7, 11) is 0. The smallest absolute Gasteiger partial charge is 0.290 e. The van der Waals surface area contributed by atoms with Crippen LogP contribution in [-0.2, 0) is 10.2 Å². The lowest BCUT2D eigenvalue weighted by Crippen LogP contribution is -2.67. The van der Waals surface area contributed by atoms with Crippen LogP contribution in [0.4, 0.5) is 4.39 Å². The lowest BCUT2D eigenvalue weighted by Gasteiger charge is -2.50. The van der Waals surface area contributed by atoms with Gasteiger partial charge in [-0.1, -0.05) is 20.8 Å². The van der Waals surface area contributed by atoms with Crippen molar-refractivity contribution in [2.24, 2.45) is 0 Å². The number of hydrogen-bond acceptors (Lipinski definition) is 4. The Balaban J connectivity index is 1.77. The second-order valence-electron chi connectivity index (χ2n) is 11.8. The number of pyridine rings is 1. The molecule has 0 N–H and O–H groups in total. The molecule has 3 aromatic rings. The Kier molecular flexibility index (Phi) is 5.81. The molecule has 2 aromatic heterocycles. The van der Waals surface area contributed by atoms with Gasteiger partial charge in [-0.2, -0.15) is 0 Å². The Morgan fingerprint density at radius 1 is 1.03 bits per heavy atom. The molecule has 0 aliphatic carbocycles. The first-order valence-electron chi connectivity index (χ1n) is 12.0. The Bertz CT molecular complexity index is 1290. The fraction of sp³-hybridized carbons (Fsp3) is 0.464. The third-order valence-corrected chi connectivity index (χ3v) is 6.68. The van der Waals surface area contributed by atoms with Gasteiger partial charge in [0.05, 0.1) is 5.69 Å². The molecule has 1 fully saturated rings. The van der Waals surface area contributed by atoms with Crippen LogP contribution >= 0.6 is 0 Å². The number of piperazine rings is 1. The average Bonchev–Trinajstić information content (AvgIpc) is 3.17. The second-order valence-corrected chi connectivity index (χ2v) is 11.8. The maximum Gasteiger partial charge on any atom is 0.290 e.